The first-order chi connectivity index (χ1) is 9.74. The number of carbonyl (C=O) groups excluding carboxylic acids is 1. The van der Waals surface area contributed by atoms with Crippen LogP contribution < -0.4 is 10.6 Å². The molecule has 2 heterocycles. The van der Waals surface area contributed by atoms with E-state index in [0.29, 0.717) is 12.5 Å². The van der Waals surface area contributed by atoms with Crippen LogP contribution in [0.2, 0.25) is 0 Å². The number of nitrogens with zero attached hydrogens (tertiary/aromatic N) is 1. The van der Waals surface area contributed by atoms with Gasteiger partial charge in [-0.3, -0.25) is 9.69 Å². The fraction of sp³-hybridized carbons (Fsp3) is 0.667. The third-order valence-corrected chi connectivity index (χ3v) is 4.59. The standard InChI is InChI=1S/C15H25N3OS/c1-18(11-13-4-2-7-16-10-13)12-15(19)17-8-6-14-5-3-9-20-14/h3,5,9,13,16H,2,4,6-8,10-12H2,1H3,(H,17,19). The number of amides is 1. The highest BCUT2D eigenvalue weighted by atomic mass is 32.1. The summed E-state index contributed by atoms with van der Waals surface area (Å²) in [5.74, 6) is 0.820. The summed E-state index contributed by atoms with van der Waals surface area (Å²) < 4.78 is 0. The van der Waals surface area contributed by atoms with E-state index in [9.17, 15) is 4.79 Å². The highest BCUT2D eigenvalue weighted by Gasteiger charge is 2.16. The maximum Gasteiger partial charge on any atom is 0.234 e. The first kappa shape index (κ1) is 15.5. The van der Waals surface area contributed by atoms with Crippen molar-refractivity contribution in [3.8, 4) is 0 Å². The summed E-state index contributed by atoms with van der Waals surface area (Å²) in [6.45, 7) is 4.47. The van der Waals surface area contributed by atoms with Crippen LogP contribution in [0.5, 0.6) is 0 Å². The fourth-order valence-corrected chi connectivity index (χ4v) is 3.38. The van der Waals surface area contributed by atoms with E-state index in [0.717, 1.165) is 32.6 Å². The van der Waals surface area contributed by atoms with Gasteiger partial charge in [0.2, 0.25) is 5.91 Å². The zero-order valence-corrected chi connectivity index (χ0v) is 13.0. The van der Waals surface area contributed by atoms with Crippen LogP contribution in [-0.2, 0) is 11.2 Å². The molecule has 1 aliphatic heterocycles. The van der Waals surface area contributed by atoms with Crippen LogP contribution in [0.15, 0.2) is 17.5 Å². The largest absolute Gasteiger partial charge is 0.355 e. The Labute approximate surface area is 125 Å². The number of nitrogens with one attached hydrogen (secondary N) is 2. The first-order valence-corrected chi connectivity index (χ1v) is 8.30. The number of thiophene rings is 1. The molecule has 0 aromatic carbocycles. The molecule has 1 aliphatic rings. The molecule has 2 rings (SSSR count). The normalized spacial score (nSPS) is 19.2. The van der Waals surface area contributed by atoms with E-state index in [1.165, 1.54) is 17.7 Å². The molecule has 1 atom stereocenters. The molecular formula is C15H25N3OS. The quantitative estimate of drug-likeness (QED) is 0.798. The Kier molecular flexibility index (Phi) is 6.50. The number of likely N-dealkylation sites (N-methyl/N-ethyl adjacent to an activating group) is 1. The Bertz CT molecular complexity index is 388. The minimum Gasteiger partial charge on any atom is -0.355 e. The van der Waals surface area contributed by atoms with Gasteiger partial charge in [0.1, 0.15) is 0 Å². The van der Waals surface area contributed by atoms with Crippen LogP contribution in [0.4, 0.5) is 0 Å². The summed E-state index contributed by atoms with van der Waals surface area (Å²) in [4.78, 5) is 15.3. The van der Waals surface area contributed by atoms with Crippen molar-refractivity contribution in [2.75, 3.05) is 39.8 Å². The summed E-state index contributed by atoms with van der Waals surface area (Å²) in [7, 11) is 2.04. The van der Waals surface area contributed by atoms with Crippen LogP contribution in [0, 0.1) is 5.92 Å². The topological polar surface area (TPSA) is 44.4 Å². The van der Waals surface area contributed by atoms with E-state index >= 15 is 0 Å². The minimum atomic E-state index is 0.132. The lowest BCUT2D eigenvalue weighted by Crippen LogP contribution is -2.41. The Morgan fingerprint density at radius 1 is 1.60 bits per heavy atom. The Hall–Kier alpha value is -0.910. The van der Waals surface area contributed by atoms with E-state index < -0.39 is 0 Å². The second-order valence-corrected chi connectivity index (χ2v) is 6.62. The van der Waals surface area contributed by atoms with E-state index in [4.69, 9.17) is 0 Å². The molecule has 1 aromatic rings. The van der Waals surface area contributed by atoms with Crippen LogP contribution in [-0.4, -0.2) is 50.6 Å². The van der Waals surface area contributed by atoms with Crippen molar-refractivity contribution in [3.05, 3.63) is 22.4 Å². The maximum atomic E-state index is 11.9. The molecule has 0 aliphatic carbocycles. The summed E-state index contributed by atoms with van der Waals surface area (Å²) in [5.41, 5.74) is 0. The van der Waals surface area contributed by atoms with Gasteiger partial charge >= 0.3 is 0 Å². The summed E-state index contributed by atoms with van der Waals surface area (Å²) in [6.07, 6.45) is 3.46. The molecule has 1 fully saturated rings. The van der Waals surface area contributed by atoms with Crippen LogP contribution >= 0.6 is 11.3 Å². The molecule has 112 valence electrons. The lowest BCUT2D eigenvalue weighted by molar-refractivity contribution is -0.122. The number of carbonyl (C=O) groups is 1. The van der Waals surface area contributed by atoms with Crippen molar-refractivity contribution >= 4 is 17.2 Å². The van der Waals surface area contributed by atoms with Gasteiger partial charge in [0, 0.05) is 18.0 Å². The third-order valence-electron chi connectivity index (χ3n) is 3.66. The van der Waals surface area contributed by atoms with Gasteiger partial charge < -0.3 is 10.6 Å². The van der Waals surface area contributed by atoms with Gasteiger partial charge in [-0.25, -0.2) is 0 Å². The molecule has 0 spiro atoms. The molecule has 0 saturated carbocycles. The predicted molar refractivity (Wildman–Crippen MR) is 84.1 cm³/mol. The highest BCUT2D eigenvalue weighted by Crippen LogP contribution is 2.10. The average molecular weight is 295 g/mol. The molecule has 0 bridgehead atoms. The SMILES string of the molecule is CN(CC(=O)NCCc1cccs1)CC1CCCNC1. The van der Waals surface area contributed by atoms with Crippen molar-refractivity contribution in [2.45, 2.75) is 19.3 Å². The highest BCUT2D eigenvalue weighted by molar-refractivity contribution is 7.09. The van der Waals surface area contributed by atoms with Gasteiger partial charge in [0.05, 0.1) is 6.54 Å². The molecule has 1 saturated heterocycles. The van der Waals surface area contributed by atoms with Crippen molar-refractivity contribution in [3.63, 3.8) is 0 Å². The van der Waals surface area contributed by atoms with Crippen LogP contribution in [0.25, 0.3) is 0 Å². The van der Waals surface area contributed by atoms with Crippen LogP contribution in [0.1, 0.15) is 17.7 Å². The first-order valence-electron chi connectivity index (χ1n) is 7.42. The second-order valence-electron chi connectivity index (χ2n) is 5.59. The molecule has 2 N–H and O–H groups in total. The molecule has 5 heteroatoms. The maximum absolute atomic E-state index is 11.9. The Morgan fingerprint density at radius 2 is 2.50 bits per heavy atom. The summed E-state index contributed by atoms with van der Waals surface area (Å²) >= 11 is 1.74. The van der Waals surface area contributed by atoms with E-state index in [1.807, 2.05) is 13.1 Å². The fourth-order valence-electron chi connectivity index (χ4n) is 2.67. The van der Waals surface area contributed by atoms with Gasteiger partial charge in [0.15, 0.2) is 0 Å². The Morgan fingerprint density at radius 3 is 3.20 bits per heavy atom. The van der Waals surface area contributed by atoms with E-state index in [2.05, 4.69) is 27.0 Å². The average Bonchev–Trinajstić information content (AvgIpc) is 2.93. The van der Waals surface area contributed by atoms with Crippen molar-refractivity contribution < 1.29 is 4.79 Å². The van der Waals surface area contributed by atoms with Crippen molar-refractivity contribution in [1.82, 2.24) is 15.5 Å². The number of hydrogen-bond acceptors (Lipinski definition) is 4. The molecule has 20 heavy (non-hydrogen) atoms. The van der Waals surface area contributed by atoms with Gasteiger partial charge in [-0.2, -0.15) is 0 Å². The van der Waals surface area contributed by atoms with Gasteiger partial charge in [-0.15, -0.1) is 11.3 Å². The summed E-state index contributed by atoms with van der Waals surface area (Å²) in [6, 6.07) is 4.16. The minimum absolute atomic E-state index is 0.132. The monoisotopic (exact) mass is 295 g/mol. The van der Waals surface area contributed by atoms with Gasteiger partial charge in [-0.1, -0.05) is 6.07 Å². The zero-order chi connectivity index (χ0) is 14.2. The lowest BCUT2D eigenvalue weighted by atomic mass is 9.99. The van der Waals surface area contributed by atoms with E-state index in [1.54, 1.807) is 11.3 Å². The molecule has 4 nitrogen and oxygen atoms in total. The van der Waals surface area contributed by atoms with Crippen molar-refractivity contribution in [1.29, 1.82) is 0 Å². The van der Waals surface area contributed by atoms with E-state index in [-0.39, 0.29) is 5.91 Å². The zero-order valence-electron chi connectivity index (χ0n) is 12.2. The van der Waals surface area contributed by atoms with Crippen LogP contribution in [0.3, 0.4) is 0 Å². The number of piperidine rings is 1. The van der Waals surface area contributed by atoms with Gasteiger partial charge in [0.25, 0.3) is 0 Å². The number of rotatable bonds is 7. The third kappa shape index (κ3) is 5.61. The van der Waals surface area contributed by atoms with Gasteiger partial charge in [-0.05, 0) is 56.8 Å². The summed E-state index contributed by atoms with van der Waals surface area (Å²) in [5, 5.41) is 8.49. The lowest BCUT2D eigenvalue weighted by Gasteiger charge is -2.27. The molecule has 1 aromatic heterocycles. The molecular weight excluding hydrogens is 270 g/mol. The Balaban J connectivity index is 1.58. The smallest absolute Gasteiger partial charge is 0.234 e. The predicted octanol–water partition coefficient (Wildman–Crippen LogP) is 1.34. The molecule has 0 radical (unpaired) electrons. The second kappa shape index (κ2) is 8.39. The molecule has 1 unspecified atom stereocenters. The molecule has 1 amide bonds. The number of hydrogen-bond donors (Lipinski definition) is 2. The van der Waals surface area contributed by atoms with Crippen molar-refractivity contribution in [2.24, 2.45) is 5.92 Å².